The van der Waals surface area contributed by atoms with Gasteiger partial charge in [0.25, 0.3) is 0 Å². The van der Waals surface area contributed by atoms with Gasteiger partial charge in [-0.05, 0) is 90.0 Å². The van der Waals surface area contributed by atoms with Gasteiger partial charge in [0.1, 0.15) is 27.8 Å². The van der Waals surface area contributed by atoms with Crippen molar-refractivity contribution in [2.45, 2.75) is 0 Å². The highest BCUT2D eigenvalue weighted by Gasteiger charge is 2.20. The molecule has 10 aromatic rings. The Morgan fingerprint density at radius 3 is 1.90 bits per heavy atom. The monoisotopic (exact) mass is 618 g/mol. The summed E-state index contributed by atoms with van der Waals surface area (Å²) in [5.74, 6) is 0.598. The molecule has 3 heterocycles. The molecule has 3 aromatic heterocycles. The zero-order valence-corrected chi connectivity index (χ0v) is 25.6. The fourth-order valence-electron chi connectivity index (χ4n) is 6.88. The molecule has 0 saturated heterocycles. The third kappa shape index (κ3) is 4.15. The fourth-order valence-corrected chi connectivity index (χ4v) is 6.88. The molecule has 0 aliphatic carbocycles. The van der Waals surface area contributed by atoms with Gasteiger partial charge in [-0.25, -0.2) is 4.98 Å². The summed E-state index contributed by atoms with van der Waals surface area (Å²) in [5.41, 5.74) is 11.2. The van der Waals surface area contributed by atoms with Gasteiger partial charge >= 0.3 is 0 Å². The second-order valence-electron chi connectivity index (χ2n) is 12.0. The summed E-state index contributed by atoms with van der Waals surface area (Å²) in [6, 6.07) is 53.9. The number of fused-ring (bicyclic) bond motifs is 8. The number of furan rings is 2. The molecule has 0 atom stereocenters. The van der Waals surface area contributed by atoms with Gasteiger partial charge in [-0.1, -0.05) is 78.9 Å². The summed E-state index contributed by atoms with van der Waals surface area (Å²) in [4.78, 5) is 7.09. The quantitative estimate of drug-likeness (QED) is 0.192. The Morgan fingerprint density at radius 1 is 0.417 bits per heavy atom. The molecule has 5 nitrogen and oxygen atoms in total. The molecule has 10 rings (SSSR count). The maximum Gasteiger partial charge on any atom is 0.227 e. The van der Waals surface area contributed by atoms with Crippen molar-refractivity contribution in [2.24, 2.45) is 0 Å². The number of rotatable bonds is 5. The van der Waals surface area contributed by atoms with Gasteiger partial charge in [0.05, 0.1) is 16.5 Å². The molecule has 0 aliphatic heterocycles. The van der Waals surface area contributed by atoms with E-state index in [2.05, 4.69) is 89.8 Å². The maximum absolute atomic E-state index is 6.37. The minimum atomic E-state index is 0.598. The first-order valence-corrected chi connectivity index (χ1v) is 16.0. The van der Waals surface area contributed by atoms with E-state index in [0.717, 1.165) is 88.7 Å². The predicted octanol–water partition coefficient (Wildman–Crippen LogP) is 12.4. The van der Waals surface area contributed by atoms with Gasteiger partial charge in [0.15, 0.2) is 5.58 Å². The van der Waals surface area contributed by atoms with Gasteiger partial charge in [0, 0.05) is 27.7 Å². The van der Waals surface area contributed by atoms with Crippen LogP contribution >= 0.6 is 0 Å². The van der Waals surface area contributed by atoms with Gasteiger partial charge in [0.2, 0.25) is 5.89 Å². The molecule has 0 unspecified atom stereocenters. The van der Waals surface area contributed by atoms with Gasteiger partial charge in [-0.15, -0.1) is 0 Å². The van der Waals surface area contributed by atoms with Crippen LogP contribution in [0.25, 0.3) is 77.6 Å². The highest BCUT2D eigenvalue weighted by Crippen LogP contribution is 2.43. The molecular formula is C43H26N2O3. The van der Waals surface area contributed by atoms with Crippen molar-refractivity contribution >= 4 is 72.0 Å². The molecule has 7 aromatic carbocycles. The van der Waals surface area contributed by atoms with E-state index in [4.69, 9.17) is 18.2 Å². The molecule has 0 radical (unpaired) electrons. The molecule has 48 heavy (non-hydrogen) atoms. The third-order valence-electron chi connectivity index (χ3n) is 9.10. The molecule has 0 amide bonds. The number of anilines is 3. The highest BCUT2D eigenvalue weighted by molar-refractivity contribution is 6.17. The molecule has 0 aliphatic rings. The van der Waals surface area contributed by atoms with E-state index in [9.17, 15) is 0 Å². The first-order chi connectivity index (χ1) is 23.8. The standard InChI is InChI=1S/C43H26N2O3/c1-3-10-28(11-4-1)43-44-34-23-25-39-41(42(34)48-43)33-26-29(20-24-37(33)47-39)27-18-21-31(22-19-27)45(30-12-5-2-6-13-30)35-15-9-17-38-40(35)32-14-7-8-16-36(32)46-38/h1-26H. The van der Waals surface area contributed by atoms with Crippen molar-refractivity contribution in [3.63, 3.8) is 0 Å². The smallest absolute Gasteiger partial charge is 0.227 e. The Bertz CT molecular complexity index is 2770. The molecular weight excluding hydrogens is 592 g/mol. The SMILES string of the molecule is c1ccc(-c2nc3ccc4oc5ccc(-c6ccc(N(c7ccccc7)c7cccc8oc9ccccc9c78)cc6)cc5c4c3o2)cc1. The van der Waals surface area contributed by atoms with Crippen molar-refractivity contribution in [3.8, 4) is 22.6 Å². The lowest BCUT2D eigenvalue weighted by Crippen LogP contribution is -2.10. The second-order valence-corrected chi connectivity index (χ2v) is 12.0. The summed E-state index contributed by atoms with van der Waals surface area (Å²) in [7, 11) is 0. The summed E-state index contributed by atoms with van der Waals surface area (Å²) < 4.78 is 18.9. The topological polar surface area (TPSA) is 55.6 Å². The Kier molecular flexibility index (Phi) is 5.81. The predicted molar refractivity (Wildman–Crippen MR) is 194 cm³/mol. The first-order valence-electron chi connectivity index (χ1n) is 16.0. The average Bonchev–Trinajstić information content (AvgIpc) is 3.86. The number of aromatic nitrogens is 1. The first kappa shape index (κ1) is 26.6. The van der Waals surface area contributed by atoms with Crippen LogP contribution in [0.5, 0.6) is 0 Å². The van der Waals surface area contributed by atoms with Crippen LogP contribution in [0.4, 0.5) is 17.1 Å². The molecule has 5 heteroatoms. The highest BCUT2D eigenvalue weighted by atomic mass is 16.4. The summed E-state index contributed by atoms with van der Waals surface area (Å²) >= 11 is 0. The van der Waals surface area contributed by atoms with E-state index in [-0.39, 0.29) is 0 Å². The van der Waals surface area contributed by atoms with Gasteiger partial charge < -0.3 is 18.2 Å². The van der Waals surface area contributed by atoms with E-state index in [1.54, 1.807) is 0 Å². The molecule has 0 N–H and O–H groups in total. The largest absolute Gasteiger partial charge is 0.456 e. The Balaban J connectivity index is 1.09. The van der Waals surface area contributed by atoms with Gasteiger partial charge in [-0.2, -0.15) is 0 Å². The Morgan fingerprint density at radius 2 is 1.06 bits per heavy atom. The van der Waals surface area contributed by atoms with Crippen LogP contribution in [0.2, 0.25) is 0 Å². The Labute approximate surface area is 274 Å². The summed E-state index contributed by atoms with van der Waals surface area (Å²) in [6.45, 7) is 0. The maximum atomic E-state index is 6.37. The van der Waals surface area contributed by atoms with E-state index in [1.807, 2.05) is 72.8 Å². The van der Waals surface area contributed by atoms with E-state index < -0.39 is 0 Å². The molecule has 0 saturated carbocycles. The van der Waals surface area contributed by atoms with E-state index in [0.29, 0.717) is 5.89 Å². The molecule has 226 valence electrons. The van der Waals surface area contributed by atoms with Crippen LogP contribution in [-0.2, 0) is 0 Å². The van der Waals surface area contributed by atoms with Crippen LogP contribution in [0.1, 0.15) is 0 Å². The number of oxazole rings is 1. The second kappa shape index (κ2) is 10.5. The van der Waals surface area contributed by atoms with E-state index in [1.165, 1.54) is 0 Å². The van der Waals surface area contributed by atoms with Crippen LogP contribution in [0.3, 0.4) is 0 Å². The summed E-state index contributed by atoms with van der Waals surface area (Å²) in [5, 5.41) is 4.12. The lowest BCUT2D eigenvalue weighted by molar-refractivity contribution is 0.622. The zero-order valence-electron chi connectivity index (χ0n) is 25.6. The van der Waals surface area contributed by atoms with Crippen LogP contribution in [0, 0.1) is 0 Å². The summed E-state index contributed by atoms with van der Waals surface area (Å²) in [6.07, 6.45) is 0. The minimum Gasteiger partial charge on any atom is -0.456 e. The van der Waals surface area contributed by atoms with Crippen molar-refractivity contribution in [1.29, 1.82) is 0 Å². The van der Waals surface area contributed by atoms with Crippen LogP contribution in [0.15, 0.2) is 171 Å². The van der Waals surface area contributed by atoms with E-state index >= 15 is 0 Å². The average molecular weight is 619 g/mol. The minimum absolute atomic E-state index is 0.598. The zero-order chi connectivity index (χ0) is 31.6. The van der Waals surface area contributed by atoms with Crippen molar-refractivity contribution < 1.29 is 13.3 Å². The fraction of sp³-hybridized carbons (Fsp3) is 0. The number of nitrogens with zero attached hydrogens (tertiary/aromatic N) is 2. The van der Waals surface area contributed by atoms with Crippen molar-refractivity contribution in [3.05, 3.63) is 158 Å². The third-order valence-corrected chi connectivity index (χ3v) is 9.10. The van der Waals surface area contributed by atoms with Crippen molar-refractivity contribution in [1.82, 2.24) is 4.98 Å². The normalized spacial score (nSPS) is 11.8. The van der Waals surface area contributed by atoms with Crippen molar-refractivity contribution in [2.75, 3.05) is 4.90 Å². The number of hydrogen-bond donors (Lipinski definition) is 0. The molecule has 0 fully saturated rings. The lowest BCUT2D eigenvalue weighted by Gasteiger charge is -2.26. The molecule has 0 bridgehead atoms. The number of hydrogen-bond acceptors (Lipinski definition) is 5. The Hall–Kier alpha value is -6.59. The van der Waals surface area contributed by atoms with Crippen LogP contribution in [-0.4, -0.2) is 4.98 Å². The lowest BCUT2D eigenvalue weighted by atomic mass is 10.0. The molecule has 0 spiro atoms. The van der Waals surface area contributed by atoms with Gasteiger partial charge in [-0.3, -0.25) is 0 Å². The van der Waals surface area contributed by atoms with Crippen LogP contribution < -0.4 is 4.90 Å². The number of para-hydroxylation sites is 2. The number of benzene rings is 7.